The number of nitro groups is 1. The van der Waals surface area contributed by atoms with E-state index in [1.165, 1.54) is 12.1 Å². The van der Waals surface area contributed by atoms with Crippen LogP contribution in [0, 0.1) is 21.4 Å². The molecule has 106 valence electrons. The highest BCUT2D eigenvalue weighted by Gasteiger charge is 2.21. The maximum absolute atomic E-state index is 10.8. The number of nitrogens with two attached hydrogens (primary N) is 1. The maximum atomic E-state index is 10.8. The van der Waals surface area contributed by atoms with Gasteiger partial charge in [0.15, 0.2) is 6.10 Å². The SMILES string of the molecule is N#CC1CN(Cc2cc([N+](=O)[O-])ccc2NN)CCO1. The van der Waals surface area contributed by atoms with Gasteiger partial charge in [-0.25, -0.2) is 0 Å². The first-order valence-corrected chi connectivity index (χ1v) is 6.11. The highest BCUT2D eigenvalue weighted by molar-refractivity contribution is 5.55. The van der Waals surface area contributed by atoms with Crippen LogP contribution in [0.2, 0.25) is 0 Å². The number of benzene rings is 1. The number of morpholine rings is 1. The number of nitro benzene ring substituents is 1. The summed E-state index contributed by atoms with van der Waals surface area (Å²) in [6, 6.07) is 6.54. The van der Waals surface area contributed by atoms with Crippen LogP contribution in [0.5, 0.6) is 0 Å². The highest BCUT2D eigenvalue weighted by Crippen LogP contribution is 2.23. The summed E-state index contributed by atoms with van der Waals surface area (Å²) in [7, 11) is 0. The van der Waals surface area contributed by atoms with E-state index in [2.05, 4.69) is 11.5 Å². The van der Waals surface area contributed by atoms with Crippen molar-refractivity contribution in [3.8, 4) is 6.07 Å². The quantitative estimate of drug-likeness (QED) is 0.470. The van der Waals surface area contributed by atoms with Gasteiger partial charge in [-0.05, 0) is 11.6 Å². The molecule has 0 radical (unpaired) electrons. The first-order chi connectivity index (χ1) is 9.63. The molecule has 1 aliphatic rings. The second-order valence-corrected chi connectivity index (χ2v) is 4.47. The van der Waals surface area contributed by atoms with E-state index in [-0.39, 0.29) is 5.69 Å². The fourth-order valence-corrected chi connectivity index (χ4v) is 2.13. The lowest BCUT2D eigenvalue weighted by Crippen LogP contribution is -2.41. The zero-order chi connectivity index (χ0) is 14.5. The zero-order valence-corrected chi connectivity index (χ0v) is 10.8. The number of non-ortho nitro benzene ring substituents is 1. The topological polar surface area (TPSA) is 117 Å². The standard InChI is InChI=1S/C12H15N5O3/c13-6-11-8-16(3-4-20-11)7-9-5-10(17(18)19)1-2-12(9)15-14/h1-2,5,11,15H,3-4,7-8,14H2. The summed E-state index contributed by atoms with van der Waals surface area (Å²) in [5.74, 6) is 5.42. The van der Waals surface area contributed by atoms with Crippen molar-refractivity contribution < 1.29 is 9.66 Å². The van der Waals surface area contributed by atoms with Crippen LogP contribution in [0.4, 0.5) is 11.4 Å². The van der Waals surface area contributed by atoms with Crippen LogP contribution in [0.3, 0.4) is 0 Å². The van der Waals surface area contributed by atoms with Gasteiger partial charge in [-0.2, -0.15) is 5.26 Å². The largest absolute Gasteiger partial charge is 0.361 e. The average molecular weight is 277 g/mol. The van der Waals surface area contributed by atoms with E-state index in [1.807, 2.05) is 4.90 Å². The van der Waals surface area contributed by atoms with E-state index < -0.39 is 11.0 Å². The molecule has 1 aliphatic heterocycles. The molecule has 0 amide bonds. The van der Waals surface area contributed by atoms with Crippen molar-refractivity contribution in [2.24, 2.45) is 5.84 Å². The van der Waals surface area contributed by atoms with Crippen molar-refractivity contribution in [1.82, 2.24) is 4.90 Å². The Labute approximate surface area is 115 Å². The van der Waals surface area contributed by atoms with Crippen LogP contribution in [0.1, 0.15) is 5.56 Å². The molecule has 1 saturated heterocycles. The molecular formula is C12H15N5O3. The number of nitriles is 1. The number of hydrogen-bond donors (Lipinski definition) is 2. The fourth-order valence-electron chi connectivity index (χ4n) is 2.13. The summed E-state index contributed by atoms with van der Waals surface area (Å²) in [5, 5.41) is 19.7. The van der Waals surface area contributed by atoms with Gasteiger partial charge < -0.3 is 10.2 Å². The molecule has 1 aromatic rings. The summed E-state index contributed by atoms with van der Waals surface area (Å²) in [6.45, 7) is 2.09. The molecule has 1 unspecified atom stereocenters. The van der Waals surface area contributed by atoms with E-state index in [9.17, 15) is 10.1 Å². The van der Waals surface area contributed by atoms with E-state index in [4.69, 9.17) is 15.8 Å². The minimum atomic E-state index is -0.461. The van der Waals surface area contributed by atoms with Crippen molar-refractivity contribution in [2.75, 3.05) is 25.1 Å². The van der Waals surface area contributed by atoms with Gasteiger partial charge in [0.05, 0.1) is 23.3 Å². The van der Waals surface area contributed by atoms with E-state index in [0.717, 1.165) is 5.56 Å². The van der Waals surface area contributed by atoms with Gasteiger partial charge in [-0.1, -0.05) is 0 Å². The number of ether oxygens (including phenoxy) is 1. The van der Waals surface area contributed by atoms with Gasteiger partial charge in [-0.15, -0.1) is 0 Å². The molecule has 1 heterocycles. The fraction of sp³-hybridized carbons (Fsp3) is 0.417. The Hall–Kier alpha value is -2.21. The molecule has 1 aromatic carbocycles. The summed E-state index contributed by atoms with van der Waals surface area (Å²) >= 11 is 0. The van der Waals surface area contributed by atoms with Gasteiger partial charge in [0, 0.05) is 31.8 Å². The molecule has 1 atom stereocenters. The third kappa shape index (κ3) is 3.21. The molecule has 8 nitrogen and oxygen atoms in total. The van der Waals surface area contributed by atoms with E-state index in [1.54, 1.807) is 6.07 Å². The van der Waals surface area contributed by atoms with Crippen molar-refractivity contribution in [1.29, 1.82) is 5.26 Å². The van der Waals surface area contributed by atoms with Crippen LogP contribution in [-0.4, -0.2) is 35.6 Å². The Bertz CT molecular complexity index is 542. The minimum Gasteiger partial charge on any atom is -0.361 e. The molecule has 0 aliphatic carbocycles. The van der Waals surface area contributed by atoms with Crippen molar-refractivity contribution in [3.63, 3.8) is 0 Å². The number of rotatable bonds is 4. The number of nitrogens with zero attached hydrogens (tertiary/aromatic N) is 3. The lowest BCUT2D eigenvalue weighted by atomic mass is 10.1. The van der Waals surface area contributed by atoms with Crippen LogP contribution < -0.4 is 11.3 Å². The average Bonchev–Trinajstić information content (AvgIpc) is 2.47. The lowest BCUT2D eigenvalue weighted by molar-refractivity contribution is -0.384. The molecule has 3 N–H and O–H groups in total. The molecule has 0 spiro atoms. The Morgan fingerprint density at radius 2 is 2.45 bits per heavy atom. The third-order valence-corrected chi connectivity index (χ3v) is 3.14. The van der Waals surface area contributed by atoms with Crippen molar-refractivity contribution in [2.45, 2.75) is 12.6 Å². The van der Waals surface area contributed by atoms with Gasteiger partial charge >= 0.3 is 0 Å². The maximum Gasteiger partial charge on any atom is 0.269 e. The smallest absolute Gasteiger partial charge is 0.269 e. The second-order valence-electron chi connectivity index (χ2n) is 4.47. The van der Waals surface area contributed by atoms with Crippen LogP contribution in [-0.2, 0) is 11.3 Å². The van der Waals surface area contributed by atoms with Crippen LogP contribution >= 0.6 is 0 Å². The molecule has 0 bridgehead atoms. The summed E-state index contributed by atoms with van der Waals surface area (Å²) in [5.41, 5.74) is 3.91. The van der Waals surface area contributed by atoms with Crippen molar-refractivity contribution in [3.05, 3.63) is 33.9 Å². The first kappa shape index (κ1) is 14.2. The van der Waals surface area contributed by atoms with Gasteiger partial charge in [0.25, 0.3) is 5.69 Å². The van der Waals surface area contributed by atoms with Gasteiger partial charge in [0.2, 0.25) is 0 Å². The number of hydrogen-bond acceptors (Lipinski definition) is 7. The number of nitrogen functional groups attached to an aromatic ring is 1. The molecule has 0 saturated carbocycles. The molecule has 8 heteroatoms. The predicted octanol–water partition coefficient (Wildman–Crippen LogP) is 0.605. The Morgan fingerprint density at radius 3 is 3.10 bits per heavy atom. The summed E-state index contributed by atoms with van der Waals surface area (Å²) in [6.07, 6.45) is -0.461. The Kier molecular flexibility index (Phi) is 4.47. The van der Waals surface area contributed by atoms with Crippen LogP contribution in [0.15, 0.2) is 18.2 Å². The van der Waals surface area contributed by atoms with E-state index >= 15 is 0 Å². The third-order valence-electron chi connectivity index (χ3n) is 3.14. The number of nitrogens with one attached hydrogen (secondary N) is 1. The molecular weight excluding hydrogens is 262 g/mol. The molecule has 2 rings (SSSR count). The monoisotopic (exact) mass is 277 g/mol. The van der Waals surface area contributed by atoms with Gasteiger partial charge in [-0.3, -0.25) is 20.9 Å². The normalized spacial score (nSPS) is 19.3. The molecule has 0 aromatic heterocycles. The zero-order valence-electron chi connectivity index (χ0n) is 10.8. The predicted molar refractivity (Wildman–Crippen MR) is 71.5 cm³/mol. The number of hydrazine groups is 1. The lowest BCUT2D eigenvalue weighted by Gasteiger charge is -2.30. The summed E-state index contributed by atoms with van der Waals surface area (Å²) < 4.78 is 5.26. The highest BCUT2D eigenvalue weighted by atomic mass is 16.6. The second kappa shape index (κ2) is 6.29. The van der Waals surface area contributed by atoms with Gasteiger partial charge in [0.1, 0.15) is 0 Å². The minimum absolute atomic E-state index is 0.0177. The number of anilines is 1. The van der Waals surface area contributed by atoms with Crippen LogP contribution in [0.25, 0.3) is 0 Å². The summed E-state index contributed by atoms with van der Waals surface area (Å²) in [4.78, 5) is 12.4. The molecule has 1 fully saturated rings. The first-order valence-electron chi connectivity index (χ1n) is 6.11. The Balaban J connectivity index is 2.17. The Morgan fingerprint density at radius 1 is 1.65 bits per heavy atom. The molecule has 20 heavy (non-hydrogen) atoms. The van der Waals surface area contributed by atoms with Crippen molar-refractivity contribution >= 4 is 11.4 Å². The van der Waals surface area contributed by atoms with E-state index in [0.29, 0.717) is 31.9 Å².